The summed E-state index contributed by atoms with van der Waals surface area (Å²) < 4.78 is 5.45. The first kappa shape index (κ1) is 15.7. The number of carbonyl (C=O) groups excluding carboxylic acids is 2. The maximum absolute atomic E-state index is 12.7. The Kier molecular flexibility index (Phi) is 4.29. The molecular weight excluding hydrogens is 302 g/mol. The molecule has 0 radical (unpaired) electrons. The first-order valence-electron chi connectivity index (χ1n) is 7.61. The molecule has 0 saturated heterocycles. The van der Waals surface area contributed by atoms with Crippen LogP contribution in [0.5, 0.6) is 0 Å². The second kappa shape index (κ2) is 6.54. The molecule has 0 aliphatic heterocycles. The van der Waals surface area contributed by atoms with Gasteiger partial charge in [-0.15, -0.1) is 0 Å². The second-order valence-corrected chi connectivity index (χ2v) is 5.64. The Morgan fingerprint density at radius 2 is 1.83 bits per heavy atom. The zero-order valence-corrected chi connectivity index (χ0v) is 13.5. The van der Waals surface area contributed by atoms with Gasteiger partial charge >= 0.3 is 0 Å². The standard InChI is InChI=1S/C20H17NO3/c1-13-7-9-18(14(2)11-13)21-20(23)17-6-4-3-5-16(17)19-10-8-15(12-22)24-19/h3-12H,1-2H3,(H,21,23). The van der Waals surface area contributed by atoms with Crippen LogP contribution in [0.2, 0.25) is 0 Å². The lowest BCUT2D eigenvalue weighted by atomic mass is 10.0. The minimum absolute atomic E-state index is 0.221. The van der Waals surface area contributed by atoms with Crippen molar-refractivity contribution >= 4 is 17.9 Å². The number of hydrogen-bond donors (Lipinski definition) is 1. The number of aryl methyl sites for hydroxylation is 2. The largest absolute Gasteiger partial charge is 0.453 e. The van der Waals surface area contributed by atoms with Crippen LogP contribution in [-0.2, 0) is 0 Å². The average Bonchev–Trinajstić information content (AvgIpc) is 3.06. The molecule has 0 spiro atoms. The average molecular weight is 319 g/mol. The van der Waals surface area contributed by atoms with E-state index in [9.17, 15) is 9.59 Å². The smallest absolute Gasteiger partial charge is 0.256 e. The summed E-state index contributed by atoms with van der Waals surface area (Å²) in [5.74, 6) is 0.500. The summed E-state index contributed by atoms with van der Waals surface area (Å²) in [5, 5.41) is 2.93. The molecule has 0 fully saturated rings. The van der Waals surface area contributed by atoms with Crippen molar-refractivity contribution in [3.05, 3.63) is 77.0 Å². The number of carbonyl (C=O) groups is 2. The molecule has 3 aromatic rings. The fourth-order valence-electron chi connectivity index (χ4n) is 2.60. The Morgan fingerprint density at radius 3 is 2.54 bits per heavy atom. The van der Waals surface area contributed by atoms with E-state index >= 15 is 0 Å². The molecule has 4 nitrogen and oxygen atoms in total. The lowest BCUT2D eigenvalue weighted by Gasteiger charge is -2.11. The van der Waals surface area contributed by atoms with Gasteiger partial charge in [0.1, 0.15) is 5.76 Å². The Labute approximate surface area is 140 Å². The van der Waals surface area contributed by atoms with Crippen LogP contribution in [0, 0.1) is 13.8 Å². The van der Waals surface area contributed by atoms with Gasteiger partial charge in [0, 0.05) is 11.3 Å². The predicted octanol–water partition coefficient (Wildman–Crippen LogP) is 4.63. The maximum atomic E-state index is 12.7. The molecule has 2 aromatic carbocycles. The van der Waals surface area contributed by atoms with Crippen LogP contribution in [0.4, 0.5) is 5.69 Å². The van der Waals surface area contributed by atoms with Crippen LogP contribution in [0.1, 0.15) is 32.0 Å². The van der Waals surface area contributed by atoms with Gasteiger partial charge in [-0.2, -0.15) is 0 Å². The van der Waals surface area contributed by atoms with Crippen molar-refractivity contribution in [2.75, 3.05) is 5.32 Å². The molecule has 0 unspecified atom stereocenters. The van der Waals surface area contributed by atoms with Gasteiger partial charge < -0.3 is 9.73 Å². The summed E-state index contributed by atoms with van der Waals surface area (Å²) in [4.78, 5) is 23.5. The van der Waals surface area contributed by atoms with Crippen LogP contribution in [-0.4, -0.2) is 12.2 Å². The molecular formula is C20H17NO3. The minimum Gasteiger partial charge on any atom is -0.453 e. The lowest BCUT2D eigenvalue weighted by Crippen LogP contribution is -2.13. The van der Waals surface area contributed by atoms with Crippen molar-refractivity contribution < 1.29 is 14.0 Å². The number of anilines is 1. The van der Waals surface area contributed by atoms with Gasteiger partial charge in [-0.3, -0.25) is 9.59 Å². The van der Waals surface area contributed by atoms with Crippen molar-refractivity contribution in [2.24, 2.45) is 0 Å². The summed E-state index contributed by atoms with van der Waals surface area (Å²) in [5.41, 5.74) is 4.05. The molecule has 120 valence electrons. The highest BCUT2D eigenvalue weighted by atomic mass is 16.3. The monoisotopic (exact) mass is 319 g/mol. The van der Waals surface area contributed by atoms with Gasteiger partial charge in [0.15, 0.2) is 12.0 Å². The lowest BCUT2D eigenvalue weighted by molar-refractivity contribution is 0.102. The topological polar surface area (TPSA) is 59.3 Å². The second-order valence-electron chi connectivity index (χ2n) is 5.64. The molecule has 1 heterocycles. The molecule has 0 saturated carbocycles. The molecule has 24 heavy (non-hydrogen) atoms. The van der Waals surface area contributed by atoms with Gasteiger partial charge in [0.25, 0.3) is 5.91 Å². The Bertz CT molecular complexity index is 909. The zero-order valence-electron chi connectivity index (χ0n) is 13.5. The third kappa shape index (κ3) is 3.13. The number of benzene rings is 2. The van der Waals surface area contributed by atoms with Crippen LogP contribution < -0.4 is 5.32 Å². The van der Waals surface area contributed by atoms with E-state index in [0.717, 1.165) is 16.8 Å². The van der Waals surface area contributed by atoms with E-state index in [4.69, 9.17) is 4.42 Å². The van der Waals surface area contributed by atoms with Crippen molar-refractivity contribution in [1.29, 1.82) is 0 Å². The molecule has 1 N–H and O–H groups in total. The Balaban J connectivity index is 1.94. The summed E-state index contributed by atoms with van der Waals surface area (Å²) in [7, 11) is 0. The van der Waals surface area contributed by atoms with Gasteiger partial charge in [0.2, 0.25) is 0 Å². The SMILES string of the molecule is Cc1ccc(NC(=O)c2ccccc2-c2ccc(C=O)o2)c(C)c1. The Hall–Kier alpha value is -3.14. The number of furan rings is 1. The van der Waals surface area contributed by atoms with Crippen LogP contribution in [0.15, 0.2) is 59.0 Å². The summed E-state index contributed by atoms with van der Waals surface area (Å²) in [6, 6.07) is 16.3. The molecule has 3 rings (SSSR count). The number of rotatable bonds is 4. The van der Waals surface area contributed by atoms with Crippen LogP contribution >= 0.6 is 0 Å². The maximum Gasteiger partial charge on any atom is 0.256 e. The van der Waals surface area contributed by atoms with E-state index in [1.807, 2.05) is 38.1 Å². The van der Waals surface area contributed by atoms with E-state index in [0.29, 0.717) is 23.2 Å². The fourth-order valence-corrected chi connectivity index (χ4v) is 2.60. The molecule has 1 amide bonds. The van der Waals surface area contributed by atoms with Gasteiger partial charge in [-0.05, 0) is 43.7 Å². The summed E-state index contributed by atoms with van der Waals surface area (Å²) in [6.45, 7) is 3.97. The molecule has 0 aliphatic carbocycles. The zero-order chi connectivity index (χ0) is 17.1. The van der Waals surface area contributed by atoms with Crippen molar-refractivity contribution in [2.45, 2.75) is 13.8 Å². The quantitative estimate of drug-likeness (QED) is 0.713. The van der Waals surface area contributed by atoms with Gasteiger partial charge in [0.05, 0.1) is 5.56 Å². The molecule has 0 aliphatic rings. The number of aldehydes is 1. The highest BCUT2D eigenvalue weighted by Gasteiger charge is 2.15. The van der Waals surface area contributed by atoms with Gasteiger partial charge in [-0.25, -0.2) is 0 Å². The van der Waals surface area contributed by atoms with Crippen molar-refractivity contribution in [3.8, 4) is 11.3 Å². The third-order valence-corrected chi connectivity index (χ3v) is 3.81. The third-order valence-electron chi connectivity index (χ3n) is 3.81. The van der Waals surface area contributed by atoms with E-state index in [2.05, 4.69) is 5.32 Å². The molecule has 4 heteroatoms. The van der Waals surface area contributed by atoms with Crippen LogP contribution in [0.25, 0.3) is 11.3 Å². The highest BCUT2D eigenvalue weighted by Crippen LogP contribution is 2.26. The fraction of sp³-hybridized carbons (Fsp3) is 0.100. The highest BCUT2D eigenvalue weighted by molar-refractivity contribution is 6.08. The number of hydrogen-bond acceptors (Lipinski definition) is 3. The molecule has 0 atom stereocenters. The van der Waals surface area contributed by atoms with Gasteiger partial charge in [-0.1, -0.05) is 35.9 Å². The molecule has 1 aromatic heterocycles. The first-order valence-corrected chi connectivity index (χ1v) is 7.61. The van der Waals surface area contributed by atoms with E-state index in [1.54, 1.807) is 30.3 Å². The summed E-state index contributed by atoms with van der Waals surface area (Å²) in [6.07, 6.45) is 0.641. The number of amides is 1. The van der Waals surface area contributed by atoms with Crippen LogP contribution in [0.3, 0.4) is 0 Å². The van der Waals surface area contributed by atoms with Crippen molar-refractivity contribution in [1.82, 2.24) is 0 Å². The minimum atomic E-state index is -0.221. The van der Waals surface area contributed by atoms with Crippen molar-refractivity contribution in [3.63, 3.8) is 0 Å². The predicted molar refractivity (Wildman–Crippen MR) is 93.4 cm³/mol. The molecule has 0 bridgehead atoms. The summed E-state index contributed by atoms with van der Waals surface area (Å²) >= 11 is 0. The van der Waals surface area contributed by atoms with E-state index in [1.165, 1.54) is 0 Å². The normalized spacial score (nSPS) is 10.4. The Morgan fingerprint density at radius 1 is 1.04 bits per heavy atom. The van der Waals surface area contributed by atoms with E-state index in [-0.39, 0.29) is 11.7 Å². The first-order chi connectivity index (χ1) is 11.6. The number of nitrogens with one attached hydrogen (secondary N) is 1. The van der Waals surface area contributed by atoms with E-state index < -0.39 is 0 Å².